The largest absolute Gasteiger partial charge is 0.337 e. The van der Waals surface area contributed by atoms with Gasteiger partial charge in [-0.2, -0.15) is 5.10 Å². The van der Waals surface area contributed by atoms with Crippen molar-refractivity contribution in [1.29, 1.82) is 0 Å². The molecule has 0 atom stereocenters. The van der Waals surface area contributed by atoms with E-state index in [-0.39, 0.29) is 5.91 Å². The van der Waals surface area contributed by atoms with Crippen LogP contribution in [0.15, 0.2) is 65.4 Å². The van der Waals surface area contributed by atoms with Crippen LogP contribution in [0.2, 0.25) is 5.02 Å². The van der Waals surface area contributed by atoms with Crippen molar-refractivity contribution < 1.29 is 4.79 Å². The van der Waals surface area contributed by atoms with Gasteiger partial charge in [-0.3, -0.25) is 9.48 Å². The topological polar surface area (TPSA) is 38.1 Å². The van der Waals surface area contributed by atoms with E-state index in [1.54, 1.807) is 29.0 Å². The van der Waals surface area contributed by atoms with E-state index in [0.717, 1.165) is 15.6 Å². The lowest BCUT2D eigenvalue weighted by Crippen LogP contribution is -2.26. The Labute approximate surface area is 160 Å². The van der Waals surface area contributed by atoms with Gasteiger partial charge in [-0.1, -0.05) is 63.9 Å². The minimum atomic E-state index is -0.0684. The molecule has 1 heterocycles. The van der Waals surface area contributed by atoms with E-state index in [0.29, 0.717) is 23.7 Å². The molecule has 1 amide bonds. The molecule has 1 aromatic heterocycles. The highest BCUT2D eigenvalue weighted by molar-refractivity contribution is 9.10. The normalized spacial score (nSPS) is 10.7. The van der Waals surface area contributed by atoms with Crippen LogP contribution >= 0.6 is 27.5 Å². The molecule has 0 saturated carbocycles. The molecular weight excluding hydrogens is 402 g/mol. The second kappa shape index (κ2) is 7.85. The Balaban J connectivity index is 1.70. The van der Waals surface area contributed by atoms with Crippen LogP contribution in [0.4, 0.5) is 0 Å². The maximum atomic E-state index is 12.6. The summed E-state index contributed by atoms with van der Waals surface area (Å²) in [5.74, 6) is -0.0684. The first kappa shape index (κ1) is 17.7. The molecule has 0 saturated heterocycles. The molecule has 4 nitrogen and oxygen atoms in total. The van der Waals surface area contributed by atoms with Crippen molar-refractivity contribution in [3.8, 4) is 0 Å². The van der Waals surface area contributed by atoms with Crippen molar-refractivity contribution in [2.45, 2.75) is 13.1 Å². The predicted molar refractivity (Wildman–Crippen MR) is 103 cm³/mol. The fraction of sp³-hybridized carbons (Fsp3) is 0.158. The SMILES string of the molecule is CN(Cc1ccccc1Br)C(=O)c1cnn(Cc2ccccc2Cl)c1. The summed E-state index contributed by atoms with van der Waals surface area (Å²) in [7, 11) is 1.78. The highest BCUT2D eigenvalue weighted by atomic mass is 79.9. The fourth-order valence-electron chi connectivity index (χ4n) is 2.54. The van der Waals surface area contributed by atoms with Crippen LogP contribution < -0.4 is 0 Å². The highest BCUT2D eigenvalue weighted by Crippen LogP contribution is 2.19. The average Bonchev–Trinajstić information content (AvgIpc) is 3.07. The van der Waals surface area contributed by atoms with E-state index >= 15 is 0 Å². The number of carbonyl (C=O) groups is 1. The monoisotopic (exact) mass is 417 g/mol. The third kappa shape index (κ3) is 4.30. The Morgan fingerprint density at radius 3 is 2.56 bits per heavy atom. The molecule has 0 N–H and O–H groups in total. The van der Waals surface area contributed by atoms with Gasteiger partial charge in [0.15, 0.2) is 0 Å². The van der Waals surface area contributed by atoms with Crippen molar-refractivity contribution in [3.63, 3.8) is 0 Å². The third-order valence-corrected chi connectivity index (χ3v) is 5.02. The molecule has 6 heteroatoms. The number of hydrogen-bond donors (Lipinski definition) is 0. The van der Waals surface area contributed by atoms with Crippen molar-refractivity contribution in [1.82, 2.24) is 14.7 Å². The van der Waals surface area contributed by atoms with Crippen LogP contribution in [-0.4, -0.2) is 27.6 Å². The third-order valence-electron chi connectivity index (χ3n) is 3.88. The van der Waals surface area contributed by atoms with Crippen LogP contribution in [0.5, 0.6) is 0 Å². The van der Waals surface area contributed by atoms with Gasteiger partial charge in [-0.25, -0.2) is 0 Å². The molecule has 0 unspecified atom stereocenters. The fourth-order valence-corrected chi connectivity index (χ4v) is 3.14. The molecule has 25 heavy (non-hydrogen) atoms. The standard InChI is InChI=1S/C19H17BrClN3O/c1-23(11-14-6-2-4-8-17(14)20)19(25)16-10-22-24(13-16)12-15-7-3-5-9-18(15)21/h2-10,13H,11-12H2,1H3. The second-order valence-electron chi connectivity index (χ2n) is 5.77. The minimum absolute atomic E-state index is 0.0684. The number of benzene rings is 2. The van der Waals surface area contributed by atoms with E-state index in [4.69, 9.17) is 11.6 Å². The van der Waals surface area contributed by atoms with E-state index in [1.807, 2.05) is 48.5 Å². The zero-order valence-electron chi connectivity index (χ0n) is 13.7. The van der Waals surface area contributed by atoms with Gasteiger partial charge in [0.05, 0.1) is 18.3 Å². The molecule has 2 aromatic carbocycles. The molecular formula is C19H17BrClN3O. The molecule has 0 aliphatic carbocycles. The molecule has 0 bridgehead atoms. The van der Waals surface area contributed by atoms with Gasteiger partial charge in [0.1, 0.15) is 0 Å². The molecule has 3 aromatic rings. The number of rotatable bonds is 5. The Morgan fingerprint density at radius 1 is 1.16 bits per heavy atom. The quantitative estimate of drug-likeness (QED) is 0.606. The van der Waals surface area contributed by atoms with Crippen LogP contribution in [0.1, 0.15) is 21.5 Å². The summed E-state index contributed by atoms with van der Waals surface area (Å²) >= 11 is 9.69. The molecule has 0 radical (unpaired) electrons. The molecule has 0 aliphatic heterocycles. The Hall–Kier alpha value is -2.11. The lowest BCUT2D eigenvalue weighted by molar-refractivity contribution is 0.0784. The molecule has 0 fully saturated rings. The second-order valence-corrected chi connectivity index (χ2v) is 7.03. The highest BCUT2D eigenvalue weighted by Gasteiger charge is 2.15. The van der Waals surface area contributed by atoms with Crippen molar-refractivity contribution >= 4 is 33.4 Å². The van der Waals surface area contributed by atoms with Gasteiger partial charge in [0.2, 0.25) is 0 Å². The zero-order chi connectivity index (χ0) is 17.8. The van der Waals surface area contributed by atoms with Crippen LogP contribution in [0, 0.1) is 0 Å². The number of carbonyl (C=O) groups excluding carboxylic acids is 1. The molecule has 0 spiro atoms. The van der Waals surface area contributed by atoms with E-state index in [1.165, 1.54) is 0 Å². The molecule has 128 valence electrons. The first-order valence-corrected chi connectivity index (χ1v) is 8.96. The summed E-state index contributed by atoms with van der Waals surface area (Å²) in [6.07, 6.45) is 3.35. The number of hydrogen-bond acceptors (Lipinski definition) is 2. The lowest BCUT2D eigenvalue weighted by Gasteiger charge is -2.17. The summed E-state index contributed by atoms with van der Waals surface area (Å²) < 4.78 is 2.71. The van der Waals surface area contributed by atoms with E-state index in [9.17, 15) is 4.79 Å². The maximum Gasteiger partial charge on any atom is 0.257 e. The smallest absolute Gasteiger partial charge is 0.257 e. The van der Waals surface area contributed by atoms with Gasteiger partial charge in [0, 0.05) is 29.3 Å². The first-order valence-electron chi connectivity index (χ1n) is 7.79. The van der Waals surface area contributed by atoms with Crippen molar-refractivity contribution in [2.24, 2.45) is 0 Å². The van der Waals surface area contributed by atoms with Gasteiger partial charge in [-0.05, 0) is 23.3 Å². The average molecular weight is 419 g/mol. The maximum absolute atomic E-state index is 12.6. The van der Waals surface area contributed by atoms with Crippen LogP contribution in [0.25, 0.3) is 0 Å². The number of halogens is 2. The lowest BCUT2D eigenvalue weighted by atomic mass is 10.2. The summed E-state index contributed by atoms with van der Waals surface area (Å²) in [6, 6.07) is 15.5. The Bertz CT molecular complexity index is 894. The minimum Gasteiger partial charge on any atom is -0.337 e. The summed E-state index contributed by atoms with van der Waals surface area (Å²) in [6.45, 7) is 1.05. The van der Waals surface area contributed by atoms with Crippen molar-refractivity contribution in [3.05, 3.63) is 87.1 Å². The van der Waals surface area contributed by atoms with Crippen molar-refractivity contribution in [2.75, 3.05) is 7.05 Å². The first-order chi connectivity index (χ1) is 12.0. The van der Waals surface area contributed by atoms with Gasteiger partial charge >= 0.3 is 0 Å². The summed E-state index contributed by atoms with van der Waals surface area (Å²) in [5.41, 5.74) is 2.58. The number of amides is 1. The van der Waals surface area contributed by atoms with E-state index in [2.05, 4.69) is 21.0 Å². The Kier molecular flexibility index (Phi) is 5.56. The zero-order valence-corrected chi connectivity index (χ0v) is 16.0. The Morgan fingerprint density at radius 2 is 1.84 bits per heavy atom. The van der Waals surface area contributed by atoms with Crippen LogP contribution in [0.3, 0.4) is 0 Å². The van der Waals surface area contributed by atoms with E-state index < -0.39 is 0 Å². The molecule has 0 aliphatic rings. The van der Waals surface area contributed by atoms with Gasteiger partial charge < -0.3 is 4.90 Å². The van der Waals surface area contributed by atoms with Gasteiger partial charge in [0.25, 0.3) is 5.91 Å². The number of aromatic nitrogens is 2. The van der Waals surface area contributed by atoms with Gasteiger partial charge in [-0.15, -0.1) is 0 Å². The summed E-state index contributed by atoms with van der Waals surface area (Å²) in [5, 5.41) is 4.97. The number of nitrogens with zero attached hydrogens (tertiary/aromatic N) is 3. The van der Waals surface area contributed by atoms with Crippen LogP contribution in [-0.2, 0) is 13.1 Å². The predicted octanol–water partition coefficient (Wildman–Crippen LogP) is 4.62. The molecule has 3 rings (SSSR count). The summed E-state index contributed by atoms with van der Waals surface area (Å²) in [4.78, 5) is 14.3.